The molecule has 0 aromatic carbocycles. The molecule has 128 valence electrons. The van der Waals surface area contributed by atoms with Gasteiger partial charge in [-0.1, -0.05) is 0 Å². The van der Waals surface area contributed by atoms with Gasteiger partial charge in [0.1, 0.15) is 0 Å². The standard InChI is InChI=1S/C16H31N3O2S/c1-16(7-4-11-22-16)13-19-15(17-2)18-8-5-9-20-12-14-6-3-10-21-14/h14H,3-13H2,1-2H3,(H2,17,18,19). The van der Waals surface area contributed by atoms with Crippen molar-refractivity contribution in [3.05, 3.63) is 0 Å². The average Bonchev–Trinajstić information content (AvgIpc) is 3.18. The Bertz CT molecular complexity index is 340. The molecule has 2 saturated heterocycles. The van der Waals surface area contributed by atoms with E-state index >= 15 is 0 Å². The minimum atomic E-state index is 0.326. The first-order valence-corrected chi connectivity index (χ1v) is 9.48. The van der Waals surface area contributed by atoms with E-state index in [9.17, 15) is 0 Å². The van der Waals surface area contributed by atoms with E-state index in [0.717, 1.165) is 51.7 Å². The maximum Gasteiger partial charge on any atom is 0.191 e. The number of thioether (sulfide) groups is 1. The Labute approximate surface area is 139 Å². The SMILES string of the molecule is CN=C(NCCCOCC1CCCO1)NCC1(C)CCCS1. The highest BCUT2D eigenvalue weighted by molar-refractivity contribution is 8.00. The first-order valence-electron chi connectivity index (χ1n) is 8.50. The summed E-state index contributed by atoms with van der Waals surface area (Å²) in [5, 5.41) is 6.80. The summed E-state index contributed by atoms with van der Waals surface area (Å²) in [6, 6.07) is 0. The highest BCUT2D eigenvalue weighted by Gasteiger charge is 2.29. The topological polar surface area (TPSA) is 54.9 Å². The van der Waals surface area contributed by atoms with Gasteiger partial charge in [-0.15, -0.1) is 0 Å². The molecule has 2 aliphatic rings. The van der Waals surface area contributed by atoms with Gasteiger partial charge in [-0.05, 0) is 44.8 Å². The zero-order valence-corrected chi connectivity index (χ0v) is 14.8. The quantitative estimate of drug-likeness (QED) is 0.405. The summed E-state index contributed by atoms with van der Waals surface area (Å²) < 4.78 is 11.6. The monoisotopic (exact) mass is 329 g/mol. The molecular formula is C16H31N3O2S. The molecule has 2 heterocycles. The van der Waals surface area contributed by atoms with Crippen LogP contribution in [0.1, 0.15) is 39.0 Å². The average molecular weight is 330 g/mol. The van der Waals surface area contributed by atoms with Crippen molar-refractivity contribution >= 4 is 17.7 Å². The minimum Gasteiger partial charge on any atom is -0.379 e. The molecule has 0 aliphatic carbocycles. The molecule has 22 heavy (non-hydrogen) atoms. The smallest absolute Gasteiger partial charge is 0.191 e. The minimum absolute atomic E-state index is 0.326. The van der Waals surface area contributed by atoms with E-state index in [4.69, 9.17) is 9.47 Å². The summed E-state index contributed by atoms with van der Waals surface area (Å²) in [6.07, 6.45) is 6.25. The van der Waals surface area contributed by atoms with E-state index in [2.05, 4.69) is 34.3 Å². The van der Waals surface area contributed by atoms with Crippen molar-refractivity contribution in [3.8, 4) is 0 Å². The summed E-state index contributed by atoms with van der Waals surface area (Å²) in [4.78, 5) is 4.29. The van der Waals surface area contributed by atoms with Gasteiger partial charge in [0.15, 0.2) is 5.96 Å². The zero-order valence-electron chi connectivity index (χ0n) is 14.0. The first kappa shape index (κ1) is 17.9. The highest BCUT2D eigenvalue weighted by Crippen LogP contribution is 2.36. The fourth-order valence-electron chi connectivity index (χ4n) is 2.84. The lowest BCUT2D eigenvalue weighted by molar-refractivity contribution is 0.0168. The van der Waals surface area contributed by atoms with Crippen molar-refractivity contribution in [1.29, 1.82) is 0 Å². The van der Waals surface area contributed by atoms with Gasteiger partial charge >= 0.3 is 0 Å². The van der Waals surface area contributed by atoms with Crippen molar-refractivity contribution in [2.24, 2.45) is 4.99 Å². The zero-order chi connectivity index (χ0) is 15.7. The van der Waals surface area contributed by atoms with Gasteiger partial charge < -0.3 is 20.1 Å². The van der Waals surface area contributed by atoms with Crippen LogP contribution in [0.15, 0.2) is 4.99 Å². The lowest BCUT2D eigenvalue weighted by atomic mass is 10.1. The maximum atomic E-state index is 5.66. The Hall–Kier alpha value is -0.460. The molecule has 6 heteroatoms. The van der Waals surface area contributed by atoms with Gasteiger partial charge in [0.2, 0.25) is 0 Å². The number of hydrogen-bond donors (Lipinski definition) is 2. The van der Waals surface area contributed by atoms with Crippen LogP contribution in [-0.2, 0) is 9.47 Å². The van der Waals surface area contributed by atoms with E-state index in [1.54, 1.807) is 0 Å². The Morgan fingerprint density at radius 2 is 2.32 bits per heavy atom. The van der Waals surface area contributed by atoms with Crippen molar-refractivity contribution in [3.63, 3.8) is 0 Å². The molecule has 5 nitrogen and oxygen atoms in total. The van der Waals surface area contributed by atoms with Crippen molar-refractivity contribution in [2.45, 2.75) is 49.9 Å². The fraction of sp³-hybridized carbons (Fsp3) is 0.938. The third kappa shape index (κ3) is 6.34. The summed E-state index contributed by atoms with van der Waals surface area (Å²) >= 11 is 2.07. The molecule has 2 aliphatic heterocycles. The lowest BCUT2D eigenvalue weighted by Crippen LogP contribution is -2.44. The molecule has 0 saturated carbocycles. The van der Waals surface area contributed by atoms with Crippen molar-refractivity contribution in [2.75, 3.05) is 45.7 Å². The van der Waals surface area contributed by atoms with Crippen LogP contribution in [0.5, 0.6) is 0 Å². The molecule has 0 aromatic rings. The van der Waals surface area contributed by atoms with E-state index in [1.807, 2.05) is 7.05 Å². The second kappa shape index (κ2) is 9.63. The van der Waals surface area contributed by atoms with E-state index in [1.165, 1.54) is 25.0 Å². The molecule has 0 radical (unpaired) electrons. The summed E-state index contributed by atoms with van der Waals surface area (Å²) in [5.74, 6) is 2.18. The second-order valence-corrected chi connectivity index (χ2v) is 8.00. The van der Waals surface area contributed by atoms with Gasteiger partial charge in [-0.2, -0.15) is 11.8 Å². The van der Waals surface area contributed by atoms with Crippen molar-refractivity contribution < 1.29 is 9.47 Å². The first-order chi connectivity index (χ1) is 10.7. The Kier molecular flexibility index (Phi) is 7.83. The molecular weight excluding hydrogens is 298 g/mol. The van der Waals surface area contributed by atoms with Gasteiger partial charge in [-0.25, -0.2) is 0 Å². The molecule has 2 rings (SSSR count). The van der Waals surface area contributed by atoms with E-state index in [-0.39, 0.29) is 0 Å². The van der Waals surface area contributed by atoms with Gasteiger partial charge in [0.25, 0.3) is 0 Å². The Morgan fingerprint density at radius 3 is 3.00 bits per heavy atom. The number of hydrogen-bond acceptors (Lipinski definition) is 4. The highest BCUT2D eigenvalue weighted by atomic mass is 32.2. The Morgan fingerprint density at radius 1 is 1.41 bits per heavy atom. The summed E-state index contributed by atoms with van der Waals surface area (Å²) in [6.45, 7) is 6.61. The third-order valence-corrected chi connectivity index (χ3v) is 5.78. The lowest BCUT2D eigenvalue weighted by Gasteiger charge is -2.24. The maximum absolute atomic E-state index is 5.66. The van der Waals surface area contributed by atoms with Crippen molar-refractivity contribution in [1.82, 2.24) is 10.6 Å². The van der Waals surface area contributed by atoms with Crippen LogP contribution in [0.4, 0.5) is 0 Å². The number of ether oxygens (including phenoxy) is 2. The number of guanidine groups is 1. The molecule has 2 atom stereocenters. The fourth-order valence-corrected chi connectivity index (χ4v) is 4.08. The largest absolute Gasteiger partial charge is 0.379 e. The molecule has 0 bridgehead atoms. The molecule has 2 unspecified atom stereocenters. The molecule has 2 fully saturated rings. The molecule has 0 amide bonds. The number of aliphatic imine (C=N–C) groups is 1. The molecule has 2 N–H and O–H groups in total. The van der Waals surface area contributed by atoms with Crippen LogP contribution in [0.25, 0.3) is 0 Å². The number of nitrogens with zero attached hydrogens (tertiary/aromatic N) is 1. The predicted octanol–water partition coefficient (Wildman–Crippen LogP) is 2.02. The van der Waals surface area contributed by atoms with E-state index in [0.29, 0.717) is 10.9 Å². The van der Waals surface area contributed by atoms with Crippen LogP contribution in [0, 0.1) is 0 Å². The van der Waals surface area contributed by atoms with E-state index < -0.39 is 0 Å². The Balaban J connectivity index is 1.49. The van der Waals surface area contributed by atoms with Gasteiger partial charge in [-0.3, -0.25) is 4.99 Å². The van der Waals surface area contributed by atoms with Gasteiger partial charge in [0, 0.05) is 38.1 Å². The van der Waals surface area contributed by atoms with Crippen LogP contribution in [0.3, 0.4) is 0 Å². The summed E-state index contributed by atoms with van der Waals surface area (Å²) in [5.41, 5.74) is 0. The van der Waals surface area contributed by atoms with Gasteiger partial charge in [0.05, 0.1) is 12.7 Å². The second-order valence-electron chi connectivity index (χ2n) is 6.32. The van der Waals surface area contributed by atoms with Crippen LogP contribution in [-0.4, -0.2) is 62.5 Å². The van der Waals surface area contributed by atoms with Crippen LogP contribution >= 0.6 is 11.8 Å². The predicted molar refractivity (Wildman–Crippen MR) is 93.9 cm³/mol. The number of nitrogens with one attached hydrogen (secondary N) is 2. The number of rotatable bonds is 8. The van der Waals surface area contributed by atoms with Crippen LogP contribution in [0.2, 0.25) is 0 Å². The molecule has 0 spiro atoms. The normalized spacial score (nSPS) is 29.0. The summed E-state index contributed by atoms with van der Waals surface area (Å²) in [7, 11) is 1.83. The molecule has 0 aromatic heterocycles. The third-order valence-electron chi connectivity index (χ3n) is 4.24. The van der Waals surface area contributed by atoms with Crippen LogP contribution < -0.4 is 10.6 Å².